The van der Waals surface area contributed by atoms with Crippen LogP contribution in [-0.4, -0.2) is 11.0 Å². The molecule has 0 atom stereocenters. The Kier molecular flexibility index (Phi) is 4.39. The molecule has 0 fully saturated rings. The number of aryl methyl sites for hydroxylation is 1. The number of rotatable bonds is 4. The van der Waals surface area contributed by atoms with Crippen LogP contribution in [0.1, 0.15) is 12.5 Å². The lowest BCUT2D eigenvalue weighted by Crippen LogP contribution is -2.02. The second-order valence-corrected chi connectivity index (χ2v) is 5.93. The summed E-state index contributed by atoms with van der Waals surface area (Å²) in [6, 6.07) is 15.4. The standard InChI is InChI=1S/C18H16N2O2S/c1-12-7-3-5-9-15(12)19-18-20-16(11-23-18)14-8-4-6-10-17(14)22-13(2)21/h3-11H,1-2H3,(H,19,20). The van der Waals surface area contributed by atoms with Crippen molar-refractivity contribution in [1.29, 1.82) is 0 Å². The maximum atomic E-state index is 11.2. The molecule has 0 radical (unpaired) electrons. The maximum absolute atomic E-state index is 11.2. The molecule has 2 aromatic carbocycles. The van der Waals surface area contributed by atoms with E-state index in [4.69, 9.17) is 4.74 Å². The third-order valence-electron chi connectivity index (χ3n) is 3.31. The summed E-state index contributed by atoms with van der Waals surface area (Å²) < 4.78 is 5.25. The summed E-state index contributed by atoms with van der Waals surface area (Å²) in [5.41, 5.74) is 3.77. The third kappa shape index (κ3) is 3.57. The number of benzene rings is 2. The Morgan fingerprint density at radius 3 is 2.65 bits per heavy atom. The summed E-state index contributed by atoms with van der Waals surface area (Å²) in [5, 5.41) is 6.07. The second-order valence-electron chi connectivity index (χ2n) is 5.07. The van der Waals surface area contributed by atoms with Gasteiger partial charge >= 0.3 is 5.97 Å². The predicted octanol–water partition coefficient (Wildman–Crippen LogP) is 4.79. The largest absolute Gasteiger partial charge is 0.426 e. The van der Waals surface area contributed by atoms with Gasteiger partial charge in [0.05, 0.1) is 5.69 Å². The van der Waals surface area contributed by atoms with E-state index in [0.29, 0.717) is 5.75 Å². The summed E-state index contributed by atoms with van der Waals surface area (Å²) in [6.07, 6.45) is 0. The second kappa shape index (κ2) is 6.62. The minimum atomic E-state index is -0.342. The van der Waals surface area contributed by atoms with Gasteiger partial charge in [-0.3, -0.25) is 4.79 Å². The molecule has 23 heavy (non-hydrogen) atoms. The van der Waals surface area contributed by atoms with Crippen molar-refractivity contribution in [2.45, 2.75) is 13.8 Å². The highest BCUT2D eigenvalue weighted by Gasteiger charge is 2.11. The van der Waals surface area contributed by atoms with Crippen LogP contribution in [0.2, 0.25) is 0 Å². The van der Waals surface area contributed by atoms with Crippen molar-refractivity contribution in [3.63, 3.8) is 0 Å². The van der Waals surface area contributed by atoms with Crippen molar-refractivity contribution in [2.75, 3.05) is 5.32 Å². The van der Waals surface area contributed by atoms with Crippen LogP contribution in [0.4, 0.5) is 10.8 Å². The van der Waals surface area contributed by atoms with Gasteiger partial charge in [-0.2, -0.15) is 0 Å². The molecule has 0 bridgehead atoms. The van der Waals surface area contributed by atoms with Gasteiger partial charge in [-0.15, -0.1) is 11.3 Å². The number of nitrogens with one attached hydrogen (secondary N) is 1. The highest BCUT2D eigenvalue weighted by Crippen LogP contribution is 2.33. The molecular formula is C18H16N2O2S. The van der Waals surface area contributed by atoms with E-state index in [0.717, 1.165) is 27.6 Å². The molecule has 0 unspecified atom stereocenters. The number of carbonyl (C=O) groups is 1. The van der Waals surface area contributed by atoms with Gasteiger partial charge in [0.15, 0.2) is 5.13 Å². The molecule has 0 aliphatic rings. The first-order chi connectivity index (χ1) is 11.1. The van der Waals surface area contributed by atoms with Crippen molar-refractivity contribution >= 4 is 28.1 Å². The Bertz CT molecular complexity index is 842. The Balaban J connectivity index is 1.88. The summed E-state index contributed by atoms with van der Waals surface area (Å²) >= 11 is 1.51. The molecule has 4 nitrogen and oxygen atoms in total. The lowest BCUT2D eigenvalue weighted by molar-refractivity contribution is -0.131. The topological polar surface area (TPSA) is 51.2 Å². The Labute approximate surface area is 138 Å². The molecular weight excluding hydrogens is 308 g/mol. The van der Waals surface area contributed by atoms with Crippen molar-refractivity contribution in [1.82, 2.24) is 4.98 Å². The van der Waals surface area contributed by atoms with E-state index < -0.39 is 0 Å². The first-order valence-electron chi connectivity index (χ1n) is 7.19. The summed E-state index contributed by atoms with van der Waals surface area (Å²) in [6.45, 7) is 3.44. The number of hydrogen-bond acceptors (Lipinski definition) is 5. The highest BCUT2D eigenvalue weighted by atomic mass is 32.1. The lowest BCUT2D eigenvalue weighted by Gasteiger charge is -2.07. The highest BCUT2D eigenvalue weighted by molar-refractivity contribution is 7.14. The number of ether oxygens (including phenoxy) is 1. The van der Waals surface area contributed by atoms with E-state index >= 15 is 0 Å². The van der Waals surface area contributed by atoms with Gasteiger partial charge in [-0.25, -0.2) is 4.98 Å². The quantitative estimate of drug-likeness (QED) is 0.554. The molecule has 0 aliphatic carbocycles. The maximum Gasteiger partial charge on any atom is 0.308 e. The zero-order valence-electron chi connectivity index (χ0n) is 12.9. The number of esters is 1. The first-order valence-corrected chi connectivity index (χ1v) is 8.07. The van der Waals surface area contributed by atoms with E-state index in [1.807, 2.05) is 54.8 Å². The molecule has 3 aromatic rings. The fourth-order valence-electron chi connectivity index (χ4n) is 2.21. The number of hydrogen-bond donors (Lipinski definition) is 1. The number of para-hydroxylation sites is 2. The SMILES string of the molecule is CC(=O)Oc1ccccc1-c1csc(Nc2ccccc2C)n1. The number of aromatic nitrogens is 1. The van der Waals surface area contributed by atoms with E-state index in [2.05, 4.69) is 10.3 Å². The zero-order valence-corrected chi connectivity index (χ0v) is 13.7. The molecule has 0 saturated heterocycles. The molecule has 1 heterocycles. The molecule has 0 aliphatic heterocycles. The lowest BCUT2D eigenvalue weighted by atomic mass is 10.1. The average Bonchev–Trinajstić information content (AvgIpc) is 2.98. The molecule has 116 valence electrons. The van der Waals surface area contributed by atoms with Crippen molar-refractivity contribution < 1.29 is 9.53 Å². The Hall–Kier alpha value is -2.66. The van der Waals surface area contributed by atoms with Gasteiger partial charge < -0.3 is 10.1 Å². The molecule has 5 heteroatoms. The third-order valence-corrected chi connectivity index (χ3v) is 4.07. The molecule has 0 spiro atoms. The number of nitrogens with zero attached hydrogens (tertiary/aromatic N) is 1. The van der Waals surface area contributed by atoms with Crippen LogP contribution in [0.25, 0.3) is 11.3 Å². The van der Waals surface area contributed by atoms with Gasteiger partial charge in [0, 0.05) is 23.6 Å². The summed E-state index contributed by atoms with van der Waals surface area (Å²) in [7, 11) is 0. The fraction of sp³-hybridized carbons (Fsp3) is 0.111. The first kappa shape index (κ1) is 15.2. The van der Waals surface area contributed by atoms with E-state index in [1.54, 1.807) is 6.07 Å². The minimum Gasteiger partial charge on any atom is -0.426 e. The summed E-state index contributed by atoms with van der Waals surface area (Å²) in [5.74, 6) is 0.179. The van der Waals surface area contributed by atoms with Crippen molar-refractivity contribution in [2.24, 2.45) is 0 Å². The van der Waals surface area contributed by atoms with Gasteiger partial charge in [0.25, 0.3) is 0 Å². The minimum absolute atomic E-state index is 0.342. The molecule has 1 aromatic heterocycles. The van der Waals surface area contributed by atoms with Crippen LogP contribution in [0.3, 0.4) is 0 Å². The number of carbonyl (C=O) groups excluding carboxylic acids is 1. The van der Waals surface area contributed by atoms with Crippen LogP contribution in [0.5, 0.6) is 5.75 Å². The van der Waals surface area contributed by atoms with Crippen molar-refractivity contribution in [3.05, 3.63) is 59.5 Å². The van der Waals surface area contributed by atoms with Gasteiger partial charge in [0.1, 0.15) is 5.75 Å². The van der Waals surface area contributed by atoms with Crippen LogP contribution < -0.4 is 10.1 Å². The van der Waals surface area contributed by atoms with E-state index in [1.165, 1.54) is 18.3 Å². The molecule has 3 rings (SSSR count). The van der Waals surface area contributed by atoms with E-state index in [9.17, 15) is 4.79 Å². The monoisotopic (exact) mass is 324 g/mol. The van der Waals surface area contributed by atoms with Gasteiger partial charge in [-0.05, 0) is 30.7 Å². The van der Waals surface area contributed by atoms with Crippen molar-refractivity contribution in [3.8, 4) is 17.0 Å². The normalized spacial score (nSPS) is 10.3. The van der Waals surface area contributed by atoms with Crippen LogP contribution in [0.15, 0.2) is 53.9 Å². The van der Waals surface area contributed by atoms with Gasteiger partial charge in [0.2, 0.25) is 0 Å². The number of thiazole rings is 1. The molecule has 0 amide bonds. The van der Waals surface area contributed by atoms with Crippen LogP contribution >= 0.6 is 11.3 Å². The predicted molar refractivity (Wildman–Crippen MR) is 93.3 cm³/mol. The van der Waals surface area contributed by atoms with E-state index in [-0.39, 0.29) is 5.97 Å². The number of anilines is 2. The fourth-order valence-corrected chi connectivity index (χ4v) is 2.93. The molecule has 0 saturated carbocycles. The Morgan fingerprint density at radius 2 is 1.87 bits per heavy atom. The smallest absolute Gasteiger partial charge is 0.308 e. The zero-order chi connectivity index (χ0) is 16.2. The molecule has 1 N–H and O–H groups in total. The van der Waals surface area contributed by atoms with Crippen LogP contribution in [-0.2, 0) is 4.79 Å². The Morgan fingerprint density at radius 1 is 1.13 bits per heavy atom. The van der Waals surface area contributed by atoms with Crippen LogP contribution in [0, 0.1) is 6.92 Å². The average molecular weight is 324 g/mol. The van der Waals surface area contributed by atoms with Gasteiger partial charge in [-0.1, -0.05) is 30.3 Å². The summed E-state index contributed by atoms with van der Waals surface area (Å²) in [4.78, 5) is 15.8.